The van der Waals surface area contributed by atoms with Crippen LogP contribution in [0.3, 0.4) is 0 Å². The van der Waals surface area contributed by atoms with Gasteiger partial charge < -0.3 is 4.43 Å². The SMILES string of the molecule is CCn1nc(S(N)(=O)=O)cc1CO[Si](C)(C)C(C)(C)C. The molecule has 0 aliphatic heterocycles. The summed E-state index contributed by atoms with van der Waals surface area (Å²) in [5, 5.41) is 9.11. The Morgan fingerprint density at radius 1 is 1.40 bits per heavy atom. The van der Waals surface area contributed by atoms with Crippen molar-refractivity contribution in [3.63, 3.8) is 0 Å². The van der Waals surface area contributed by atoms with Crippen LogP contribution in [0, 0.1) is 0 Å². The molecule has 0 saturated heterocycles. The molecule has 0 atom stereocenters. The Morgan fingerprint density at radius 2 is 1.95 bits per heavy atom. The first kappa shape index (κ1) is 17.3. The maximum absolute atomic E-state index is 11.3. The van der Waals surface area contributed by atoms with E-state index in [4.69, 9.17) is 9.56 Å². The number of hydrogen-bond donors (Lipinski definition) is 1. The van der Waals surface area contributed by atoms with Crippen molar-refractivity contribution in [1.82, 2.24) is 9.78 Å². The number of hydrogen-bond acceptors (Lipinski definition) is 4. The van der Waals surface area contributed by atoms with Crippen LogP contribution in [-0.4, -0.2) is 26.5 Å². The monoisotopic (exact) mass is 319 g/mol. The van der Waals surface area contributed by atoms with Gasteiger partial charge in [0.15, 0.2) is 13.3 Å². The smallest absolute Gasteiger partial charge is 0.257 e. The first-order valence-electron chi connectivity index (χ1n) is 6.62. The van der Waals surface area contributed by atoms with Crippen LogP contribution in [0.4, 0.5) is 0 Å². The first-order chi connectivity index (χ1) is 8.88. The zero-order valence-corrected chi connectivity index (χ0v) is 14.9. The Bertz CT molecular complexity index is 573. The van der Waals surface area contributed by atoms with Crippen LogP contribution in [0.15, 0.2) is 11.1 Å². The molecule has 0 aliphatic rings. The molecule has 0 aliphatic carbocycles. The lowest BCUT2D eigenvalue weighted by Crippen LogP contribution is -2.40. The molecule has 1 aromatic heterocycles. The van der Waals surface area contributed by atoms with E-state index in [2.05, 4.69) is 39.0 Å². The average molecular weight is 320 g/mol. The summed E-state index contributed by atoms with van der Waals surface area (Å²) in [4.78, 5) is 0. The van der Waals surface area contributed by atoms with Gasteiger partial charge in [-0.2, -0.15) is 5.10 Å². The van der Waals surface area contributed by atoms with Crippen LogP contribution in [0.2, 0.25) is 18.1 Å². The zero-order chi connectivity index (χ0) is 15.8. The third-order valence-electron chi connectivity index (χ3n) is 3.82. The molecule has 1 heterocycles. The Balaban J connectivity index is 2.97. The van der Waals surface area contributed by atoms with E-state index in [-0.39, 0.29) is 10.1 Å². The third-order valence-corrected chi connectivity index (χ3v) is 9.08. The van der Waals surface area contributed by atoms with Gasteiger partial charge >= 0.3 is 0 Å². The molecule has 1 rings (SSSR count). The van der Waals surface area contributed by atoms with Crippen molar-refractivity contribution >= 4 is 18.3 Å². The number of aryl methyl sites for hydroxylation is 1. The Labute approximate surface area is 122 Å². The van der Waals surface area contributed by atoms with Gasteiger partial charge in [-0.05, 0) is 25.1 Å². The predicted molar refractivity (Wildman–Crippen MR) is 81.3 cm³/mol. The normalized spacial score (nSPS) is 13.8. The van der Waals surface area contributed by atoms with Gasteiger partial charge in [-0.15, -0.1) is 0 Å². The maximum atomic E-state index is 11.3. The largest absolute Gasteiger partial charge is 0.411 e. The minimum absolute atomic E-state index is 0.104. The molecule has 2 N–H and O–H groups in total. The molecule has 0 fully saturated rings. The summed E-state index contributed by atoms with van der Waals surface area (Å²) in [7, 11) is -5.65. The number of aromatic nitrogens is 2. The average Bonchev–Trinajstić information content (AvgIpc) is 2.67. The highest BCUT2D eigenvalue weighted by Crippen LogP contribution is 2.37. The summed E-state index contributed by atoms with van der Waals surface area (Å²) >= 11 is 0. The van der Waals surface area contributed by atoms with Gasteiger partial charge in [0.25, 0.3) is 10.0 Å². The van der Waals surface area contributed by atoms with Gasteiger partial charge in [-0.25, -0.2) is 13.6 Å². The molecule has 0 saturated carbocycles. The number of primary sulfonamides is 1. The molecule has 0 unspecified atom stereocenters. The highest BCUT2D eigenvalue weighted by molar-refractivity contribution is 7.89. The lowest BCUT2D eigenvalue weighted by molar-refractivity contribution is 0.265. The van der Waals surface area contributed by atoms with Crippen molar-refractivity contribution in [2.24, 2.45) is 5.14 Å². The summed E-state index contributed by atoms with van der Waals surface area (Å²) in [6.45, 7) is 13.6. The van der Waals surface area contributed by atoms with E-state index in [1.807, 2.05) is 6.92 Å². The molecule has 8 heteroatoms. The second-order valence-electron chi connectivity index (χ2n) is 6.38. The van der Waals surface area contributed by atoms with Crippen LogP contribution in [0.5, 0.6) is 0 Å². The van der Waals surface area contributed by atoms with Crippen molar-refractivity contribution in [3.8, 4) is 0 Å². The van der Waals surface area contributed by atoms with Crippen molar-refractivity contribution in [2.75, 3.05) is 0 Å². The fraction of sp³-hybridized carbons (Fsp3) is 0.750. The third kappa shape index (κ3) is 3.91. The zero-order valence-electron chi connectivity index (χ0n) is 13.1. The van der Waals surface area contributed by atoms with Gasteiger partial charge in [0.1, 0.15) is 0 Å². The topological polar surface area (TPSA) is 87.2 Å². The van der Waals surface area contributed by atoms with Crippen LogP contribution in [0.1, 0.15) is 33.4 Å². The van der Waals surface area contributed by atoms with E-state index in [0.717, 1.165) is 5.69 Å². The van der Waals surface area contributed by atoms with Crippen LogP contribution in [0.25, 0.3) is 0 Å². The molecule has 0 spiro atoms. The lowest BCUT2D eigenvalue weighted by Gasteiger charge is -2.36. The molecule has 0 bridgehead atoms. The fourth-order valence-electron chi connectivity index (χ4n) is 1.43. The predicted octanol–water partition coefficient (Wildman–Crippen LogP) is 2.07. The van der Waals surface area contributed by atoms with E-state index >= 15 is 0 Å². The molecule has 0 aromatic carbocycles. The fourth-order valence-corrected chi connectivity index (χ4v) is 2.88. The molecular formula is C12H25N3O3SSi. The molecule has 1 aromatic rings. The van der Waals surface area contributed by atoms with Crippen LogP contribution < -0.4 is 5.14 Å². The molecule has 6 nitrogen and oxygen atoms in total. The van der Waals surface area contributed by atoms with Crippen molar-refractivity contribution < 1.29 is 12.8 Å². The van der Waals surface area contributed by atoms with Crippen molar-refractivity contribution in [2.45, 2.75) is 64.0 Å². The molecular weight excluding hydrogens is 294 g/mol. The van der Waals surface area contributed by atoms with E-state index in [1.54, 1.807) is 4.68 Å². The second kappa shape index (κ2) is 5.59. The van der Waals surface area contributed by atoms with Gasteiger partial charge in [0, 0.05) is 12.6 Å². The van der Waals surface area contributed by atoms with Crippen LogP contribution in [-0.2, 0) is 27.6 Å². The standard InChI is InChI=1S/C12H25N3O3SSi/c1-7-15-10(8-11(14-15)19(13,16)17)9-18-20(5,6)12(2,3)4/h8H,7,9H2,1-6H3,(H2,13,16,17). The Hall–Kier alpha value is -0.703. The minimum atomic E-state index is -3.77. The maximum Gasteiger partial charge on any atom is 0.257 e. The highest BCUT2D eigenvalue weighted by Gasteiger charge is 2.37. The summed E-state index contributed by atoms with van der Waals surface area (Å²) in [5.74, 6) is 0. The molecule has 20 heavy (non-hydrogen) atoms. The first-order valence-corrected chi connectivity index (χ1v) is 11.1. The Kier molecular flexibility index (Phi) is 4.85. The molecule has 116 valence electrons. The number of nitrogens with zero attached hydrogens (tertiary/aromatic N) is 2. The second-order valence-corrected chi connectivity index (χ2v) is 12.7. The van der Waals surface area contributed by atoms with Gasteiger partial charge in [-0.1, -0.05) is 20.8 Å². The van der Waals surface area contributed by atoms with Gasteiger partial charge in [0.05, 0.1) is 12.3 Å². The van der Waals surface area contributed by atoms with E-state index < -0.39 is 18.3 Å². The molecule has 0 amide bonds. The van der Waals surface area contributed by atoms with Gasteiger partial charge in [0.2, 0.25) is 0 Å². The number of sulfonamides is 1. The minimum Gasteiger partial charge on any atom is -0.411 e. The Morgan fingerprint density at radius 3 is 2.35 bits per heavy atom. The summed E-state index contributed by atoms with van der Waals surface area (Å²) in [5.41, 5.74) is 0.737. The lowest BCUT2D eigenvalue weighted by atomic mass is 10.2. The van der Waals surface area contributed by atoms with Crippen molar-refractivity contribution in [1.29, 1.82) is 0 Å². The van der Waals surface area contributed by atoms with E-state index in [1.165, 1.54) is 6.07 Å². The highest BCUT2D eigenvalue weighted by atomic mass is 32.2. The van der Waals surface area contributed by atoms with Gasteiger partial charge in [-0.3, -0.25) is 4.68 Å². The summed E-state index contributed by atoms with van der Waals surface area (Å²) in [6, 6.07) is 1.49. The van der Waals surface area contributed by atoms with E-state index in [9.17, 15) is 8.42 Å². The number of rotatable bonds is 5. The van der Waals surface area contributed by atoms with Crippen LogP contribution >= 0.6 is 0 Å². The summed E-state index contributed by atoms with van der Waals surface area (Å²) < 4.78 is 30.4. The quantitative estimate of drug-likeness (QED) is 0.842. The van der Waals surface area contributed by atoms with Crippen molar-refractivity contribution in [3.05, 3.63) is 11.8 Å². The number of nitrogens with two attached hydrogens (primary N) is 1. The molecule has 0 radical (unpaired) electrons. The van der Waals surface area contributed by atoms with E-state index in [0.29, 0.717) is 13.2 Å². The summed E-state index contributed by atoms with van der Waals surface area (Å²) in [6.07, 6.45) is 0.